The van der Waals surface area contributed by atoms with Gasteiger partial charge in [0.05, 0.1) is 7.11 Å². The molecule has 3 heteroatoms. The van der Waals surface area contributed by atoms with E-state index in [4.69, 9.17) is 4.74 Å². The van der Waals surface area contributed by atoms with Gasteiger partial charge in [-0.2, -0.15) is 0 Å². The highest BCUT2D eigenvalue weighted by molar-refractivity contribution is 9.09. The van der Waals surface area contributed by atoms with Crippen molar-refractivity contribution in [2.75, 3.05) is 12.4 Å². The zero-order valence-electron chi connectivity index (χ0n) is 8.59. The van der Waals surface area contributed by atoms with Crippen molar-refractivity contribution in [1.82, 2.24) is 5.32 Å². The number of hydrogen-bond donors (Lipinski definition) is 1. The molecular weight excluding hydrogens is 242 g/mol. The Morgan fingerprint density at radius 2 is 2.29 bits per heavy atom. The molecule has 0 heterocycles. The Kier molecular flexibility index (Phi) is 4.98. The van der Waals surface area contributed by atoms with E-state index >= 15 is 0 Å². The van der Waals surface area contributed by atoms with Gasteiger partial charge in [0.25, 0.3) is 0 Å². The Hall–Kier alpha value is -0.540. The molecule has 0 aliphatic carbocycles. The summed E-state index contributed by atoms with van der Waals surface area (Å²) in [7, 11) is 1.69. The van der Waals surface area contributed by atoms with Crippen molar-refractivity contribution in [3.63, 3.8) is 0 Å². The van der Waals surface area contributed by atoms with E-state index in [0.29, 0.717) is 6.04 Å². The summed E-state index contributed by atoms with van der Waals surface area (Å²) in [6, 6.07) is 8.59. The predicted octanol–water partition coefficient (Wildman–Crippen LogP) is 2.57. The van der Waals surface area contributed by atoms with Gasteiger partial charge >= 0.3 is 0 Å². The Bertz CT molecular complexity index is 278. The molecule has 0 aromatic heterocycles. The Labute approximate surface area is 93.8 Å². The molecule has 0 bridgehead atoms. The monoisotopic (exact) mass is 257 g/mol. The Balaban J connectivity index is 2.50. The fourth-order valence-electron chi connectivity index (χ4n) is 1.13. The van der Waals surface area contributed by atoms with Crippen molar-refractivity contribution in [2.24, 2.45) is 0 Å². The number of halogens is 1. The topological polar surface area (TPSA) is 21.3 Å². The minimum absolute atomic E-state index is 0.487. The van der Waals surface area contributed by atoms with Crippen LogP contribution in [0.3, 0.4) is 0 Å². The summed E-state index contributed by atoms with van der Waals surface area (Å²) in [5, 5.41) is 4.37. The van der Waals surface area contributed by atoms with E-state index < -0.39 is 0 Å². The van der Waals surface area contributed by atoms with Crippen molar-refractivity contribution in [1.29, 1.82) is 0 Å². The Morgan fingerprint density at radius 3 is 2.93 bits per heavy atom. The summed E-state index contributed by atoms with van der Waals surface area (Å²) < 4.78 is 5.15. The third kappa shape index (κ3) is 3.68. The van der Waals surface area contributed by atoms with E-state index in [1.807, 2.05) is 18.2 Å². The molecule has 1 aromatic rings. The van der Waals surface area contributed by atoms with E-state index in [-0.39, 0.29) is 0 Å². The van der Waals surface area contributed by atoms with Crippen LogP contribution in [0.5, 0.6) is 5.75 Å². The number of alkyl halides is 1. The van der Waals surface area contributed by atoms with Gasteiger partial charge in [-0.25, -0.2) is 0 Å². The molecule has 1 N–H and O–H groups in total. The summed E-state index contributed by atoms with van der Waals surface area (Å²) in [4.78, 5) is 0. The van der Waals surface area contributed by atoms with Gasteiger partial charge in [-0.3, -0.25) is 0 Å². The highest BCUT2D eigenvalue weighted by Gasteiger charge is 1.99. The maximum atomic E-state index is 5.15. The van der Waals surface area contributed by atoms with Crippen LogP contribution in [0.4, 0.5) is 0 Å². The third-order valence-electron chi connectivity index (χ3n) is 2.02. The van der Waals surface area contributed by atoms with Crippen molar-refractivity contribution in [3.05, 3.63) is 29.8 Å². The second-order valence-corrected chi connectivity index (χ2v) is 3.94. The van der Waals surface area contributed by atoms with Gasteiger partial charge in [0.15, 0.2) is 0 Å². The molecule has 0 fully saturated rings. The quantitative estimate of drug-likeness (QED) is 0.819. The number of hydrogen-bond acceptors (Lipinski definition) is 2. The molecule has 78 valence electrons. The maximum absolute atomic E-state index is 5.15. The smallest absolute Gasteiger partial charge is 0.119 e. The number of ether oxygens (including phenoxy) is 1. The van der Waals surface area contributed by atoms with Crippen LogP contribution in [0.1, 0.15) is 12.5 Å². The van der Waals surface area contributed by atoms with Crippen molar-refractivity contribution >= 4 is 15.9 Å². The first-order chi connectivity index (χ1) is 6.76. The molecule has 1 unspecified atom stereocenters. The lowest BCUT2D eigenvalue weighted by Gasteiger charge is -2.10. The van der Waals surface area contributed by atoms with Crippen LogP contribution in [-0.4, -0.2) is 18.5 Å². The molecule has 0 aliphatic rings. The SMILES string of the molecule is COc1cccc(CNC(C)CBr)c1. The minimum Gasteiger partial charge on any atom is -0.497 e. The summed E-state index contributed by atoms with van der Waals surface area (Å²) in [5.41, 5.74) is 1.25. The highest BCUT2D eigenvalue weighted by Crippen LogP contribution is 2.12. The average Bonchev–Trinajstić information content (AvgIpc) is 2.26. The van der Waals surface area contributed by atoms with Gasteiger partial charge in [0.1, 0.15) is 5.75 Å². The Morgan fingerprint density at radius 1 is 1.50 bits per heavy atom. The van der Waals surface area contributed by atoms with Gasteiger partial charge in [0.2, 0.25) is 0 Å². The number of rotatable bonds is 5. The molecule has 0 saturated carbocycles. The average molecular weight is 258 g/mol. The van der Waals surface area contributed by atoms with E-state index in [2.05, 4.69) is 34.2 Å². The van der Waals surface area contributed by atoms with Crippen LogP contribution < -0.4 is 10.1 Å². The number of benzene rings is 1. The largest absolute Gasteiger partial charge is 0.497 e. The standard InChI is InChI=1S/C11H16BrNO/c1-9(7-12)13-8-10-4-3-5-11(6-10)14-2/h3-6,9,13H,7-8H2,1-2H3. The third-order valence-corrected chi connectivity index (χ3v) is 2.99. The van der Waals surface area contributed by atoms with Crippen molar-refractivity contribution < 1.29 is 4.74 Å². The number of nitrogens with one attached hydrogen (secondary N) is 1. The molecular formula is C11H16BrNO. The van der Waals surface area contributed by atoms with Crippen LogP contribution >= 0.6 is 15.9 Å². The molecule has 1 atom stereocenters. The molecule has 0 aliphatic heterocycles. The second kappa shape index (κ2) is 6.04. The van der Waals surface area contributed by atoms with Crippen molar-refractivity contribution in [2.45, 2.75) is 19.5 Å². The van der Waals surface area contributed by atoms with Crippen LogP contribution in [0.15, 0.2) is 24.3 Å². The lowest BCUT2D eigenvalue weighted by molar-refractivity contribution is 0.414. The zero-order valence-corrected chi connectivity index (χ0v) is 10.2. The van der Waals surface area contributed by atoms with Gasteiger partial charge in [0, 0.05) is 17.9 Å². The highest BCUT2D eigenvalue weighted by atomic mass is 79.9. The maximum Gasteiger partial charge on any atom is 0.119 e. The van der Waals surface area contributed by atoms with Gasteiger partial charge < -0.3 is 10.1 Å². The van der Waals surface area contributed by atoms with Crippen LogP contribution in [0, 0.1) is 0 Å². The molecule has 0 radical (unpaired) electrons. The first-order valence-electron chi connectivity index (χ1n) is 4.68. The minimum atomic E-state index is 0.487. The van der Waals surface area contributed by atoms with Gasteiger partial charge in [-0.05, 0) is 24.6 Å². The normalized spacial score (nSPS) is 12.5. The first-order valence-corrected chi connectivity index (χ1v) is 5.80. The van der Waals surface area contributed by atoms with Gasteiger partial charge in [-0.15, -0.1) is 0 Å². The fraction of sp³-hybridized carbons (Fsp3) is 0.455. The van der Waals surface area contributed by atoms with Crippen LogP contribution in [-0.2, 0) is 6.54 Å². The van der Waals surface area contributed by atoms with Gasteiger partial charge in [-0.1, -0.05) is 28.1 Å². The molecule has 14 heavy (non-hydrogen) atoms. The molecule has 1 aromatic carbocycles. The number of methoxy groups -OCH3 is 1. The fourth-order valence-corrected chi connectivity index (χ4v) is 1.36. The summed E-state index contributed by atoms with van der Waals surface area (Å²) >= 11 is 3.43. The first kappa shape index (κ1) is 11.5. The molecule has 2 nitrogen and oxygen atoms in total. The zero-order chi connectivity index (χ0) is 10.4. The van der Waals surface area contributed by atoms with Crippen LogP contribution in [0.2, 0.25) is 0 Å². The van der Waals surface area contributed by atoms with E-state index in [1.54, 1.807) is 7.11 Å². The van der Waals surface area contributed by atoms with Crippen LogP contribution in [0.25, 0.3) is 0 Å². The summed E-state index contributed by atoms with van der Waals surface area (Å²) in [6.07, 6.45) is 0. The predicted molar refractivity (Wildman–Crippen MR) is 63.1 cm³/mol. The summed E-state index contributed by atoms with van der Waals surface area (Å²) in [6.45, 7) is 3.03. The lowest BCUT2D eigenvalue weighted by atomic mass is 10.2. The van der Waals surface area contributed by atoms with E-state index in [1.165, 1.54) is 5.56 Å². The molecule has 0 spiro atoms. The summed E-state index contributed by atoms with van der Waals surface area (Å²) in [5.74, 6) is 0.913. The lowest BCUT2D eigenvalue weighted by Crippen LogP contribution is -2.26. The second-order valence-electron chi connectivity index (χ2n) is 3.29. The van der Waals surface area contributed by atoms with E-state index in [0.717, 1.165) is 17.6 Å². The molecule has 0 saturated heterocycles. The molecule has 1 rings (SSSR count). The molecule has 0 amide bonds. The van der Waals surface area contributed by atoms with Crippen molar-refractivity contribution in [3.8, 4) is 5.75 Å². The van der Waals surface area contributed by atoms with E-state index in [9.17, 15) is 0 Å².